The van der Waals surface area contributed by atoms with Gasteiger partial charge in [-0.3, -0.25) is 0 Å². The Bertz CT molecular complexity index is 687. The Hall–Kier alpha value is -2.73. The molecule has 0 amide bonds. The van der Waals surface area contributed by atoms with E-state index >= 15 is 0 Å². The van der Waals surface area contributed by atoms with Crippen LogP contribution < -0.4 is 17.2 Å². The highest BCUT2D eigenvalue weighted by atomic mass is 35.5. The molecule has 6 nitrogen and oxygen atoms in total. The molecular formula is C14H11ClN4O2. The van der Waals surface area contributed by atoms with E-state index < -0.39 is 5.97 Å². The number of para-hydroxylation sites is 2. The zero-order valence-electron chi connectivity index (χ0n) is 10.8. The van der Waals surface area contributed by atoms with Gasteiger partial charge in [0, 0.05) is 9.90 Å². The van der Waals surface area contributed by atoms with E-state index in [1.165, 1.54) is 9.59 Å². The van der Waals surface area contributed by atoms with Crippen molar-refractivity contribution in [2.24, 2.45) is 0 Å². The van der Waals surface area contributed by atoms with Crippen molar-refractivity contribution in [1.82, 2.24) is 15.0 Å². The maximum absolute atomic E-state index is 11.1. The summed E-state index contributed by atoms with van der Waals surface area (Å²) in [5.41, 5.74) is 1.47. The van der Waals surface area contributed by atoms with Crippen molar-refractivity contribution in [3.63, 3.8) is 0 Å². The van der Waals surface area contributed by atoms with Crippen LogP contribution in [0.3, 0.4) is 0 Å². The topological polar surface area (TPSA) is 71.9 Å². The van der Waals surface area contributed by atoms with Crippen LogP contribution in [0.1, 0.15) is 10.6 Å². The van der Waals surface area contributed by atoms with E-state index in [1.807, 2.05) is 60.7 Å². The lowest BCUT2D eigenvalue weighted by atomic mass is 10.3. The summed E-state index contributed by atoms with van der Waals surface area (Å²) in [6.07, 6.45) is 0. The number of carbonyl (C=O) groups is 1. The molecule has 0 saturated carbocycles. The molecule has 0 spiro atoms. The number of halogens is 1. The largest absolute Gasteiger partial charge is 1.00 e. The molecule has 0 fully saturated rings. The first kappa shape index (κ1) is 14.7. The maximum Gasteiger partial charge on any atom is 0.416 e. The molecule has 1 N–H and O–H groups in total. The SMILES string of the molecule is O=C(O)c1nn(-c2ccccc2)[n+](-c2ccccc2)n1.[Cl-]. The van der Waals surface area contributed by atoms with Crippen molar-refractivity contribution >= 4 is 5.97 Å². The third-order valence-corrected chi connectivity index (χ3v) is 2.72. The first-order chi connectivity index (χ1) is 9.75. The molecule has 3 aromatic rings. The number of rotatable bonds is 3. The second kappa shape index (κ2) is 6.15. The van der Waals surface area contributed by atoms with Gasteiger partial charge < -0.3 is 17.5 Å². The molecular weight excluding hydrogens is 292 g/mol. The number of aromatic carboxylic acids is 1. The Balaban J connectivity index is 0.00000161. The van der Waals surface area contributed by atoms with Crippen molar-refractivity contribution in [2.75, 3.05) is 0 Å². The molecule has 1 aromatic heterocycles. The lowest BCUT2D eigenvalue weighted by Crippen LogP contribution is -3.00. The zero-order valence-corrected chi connectivity index (χ0v) is 11.6. The number of carboxylic acids is 1. The van der Waals surface area contributed by atoms with Crippen LogP contribution in [-0.2, 0) is 0 Å². The second-order valence-corrected chi connectivity index (χ2v) is 4.08. The molecule has 0 unspecified atom stereocenters. The van der Waals surface area contributed by atoms with Gasteiger partial charge in [-0.05, 0) is 29.1 Å². The van der Waals surface area contributed by atoms with Gasteiger partial charge in [0.2, 0.25) is 0 Å². The summed E-state index contributed by atoms with van der Waals surface area (Å²) < 4.78 is 0. The van der Waals surface area contributed by atoms with Crippen molar-refractivity contribution in [3.8, 4) is 11.4 Å². The molecule has 0 saturated heterocycles. The number of hydrogen-bond donors (Lipinski definition) is 1. The fourth-order valence-electron chi connectivity index (χ4n) is 1.83. The highest BCUT2D eigenvalue weighted by Gasteiger charge is 2.26. The standard InChI is InChI=1S/C14H10N4O2.ClH/c19-14(20)13-15-17(11-7-3-1-4-8-11)18(16-13)12-9-5-2-6-10-12;/h1-10H;1H. The fourth-order valence-corrected chi connectivity index (χ4v) is 1.83. The van der Waals surface area contributed by atoms with E-state index in [4.69, 9.17) is 5.11 Å². The number of tetrazole rings is 1. The molecule has 1 heterocycles. The van der Waals surface area contributed by atoms with E-state index in [1.54, 1.807) is 0 Å². The van der Waals surface area contributed by atoms with Gasteiger partial charge in [0.05, 0.1) is 5.10 Å². The van der Waals surface area contributed by atoms with Gasteiger partial charge in [0.25, 0.3) is 0 Å². The third kappa shape index (κ3) is 2.90. The number of hydrogen-bond acceptors (Lipinski definition) is 3. The smallest absolute Gasteiger partial charge is 0.416 e. The van der Waals surface area contributed by atoms with Gasteiger partial charge in [-0.1, -0.05) is 36.4 Å². The molecule has 0 bridgehead atoms. The van der Waals surface area contributed by atoms with E-state index in [2.05, 4.69) is 10.2 Å². The van der Waals surface area contributed by atoms with Gasteiger partial charge in [-0.2, -0.15) is 0 Å². The predicted molar refractivity (Wildman–Crippen MR) is 69.9 cm³/mol. The molecule has 0 atom stereocenters. The predicted octanol–water partition coefficient (Wildman–Crippen LogP) is -1.75. The molecule has 2 aromatic carbocycles. The molecule has 3 rings (SSSR count). The Morgan fingerprint density at radius 3 is 2.14 bits per heavy atom. The quantitative estimate of drug-likeness (QED) is 0.582. The summed E-state index contributed by atoms with van der Waals surface area (Å²) in [7, 11) is 0. The molecule has 0 aliphatic carbocycles. The Labute approximate surface area is 126 Å². The summed E-state index contributed by atoms with van der Waals surface area (Å²) in [6.45, 7) is 0. The van der Waals surface area contributed by atoms with Crippen LogP contribution in [0, 0.1) is 0 Å². The van der Waals surface area contributed by atoms with Crippen LogP contribution >= 0.6 is 0 Å². The van der Waals surface area contributed by atoms with E-state index in [-0.39, 0.29) is 18.2 Å². The average Bonchev–Trinajstić information content (AvgIpc) is 2.94. The minimum absolute atomic E-state index is 0. The van der Waals surface area contributed by atoms with E-state index in [0.29, 0.717) is 0 Å². The van der Waals surface area contributed by atoms with Gasteiger partial charge >= 0.3 is 11.8 Å². The van der Waals surface area contributed by atoms with Crippen molar-refractivity contribution in [1.29, 1.82) is 0 Å². The first-order valence-corrected chi connectivity index (χ1v) is 5.99. The lowest BCUT2D eigenvalue weighted by Gasteiger charge is -1.98. The van der Waals surface area contributed by atoms with Crippen LogP contribution in [-0.4, -0.2) is 26.1 Å². The lowest BCUT2D eigenvalue weighted by molar-refractivity contribution is -0.735. The van der Waals surface area contributed by atoms with E-state index in [9.17, 15) is 4.79 Å². The highest BCUT2D eigenvalue weighted by molar-refractivity contribution is 5.82. The highest BCUT2D eigenvalue weighted by Crippen LogP contribution is 2.05. The first-order valence-electron chi connectivity index (χ1n) is 5.99. The second-order valence-electron chi connectivity index (χ2n) is 4.08. The van der Waals surface area contributed by atoms with Crippen LogP contribution in [0.5, 0.6) is 0 Å². The molecule has 0 radical (unpaired) electrons. The van der Waals surface area contributed by atoms with Crippen molar-refractivity contribution < 1.29 is 27.1 Å². The third-order valence-electron chi connectivity index (χ3n) is 2.72. The number of nitrogens with zero attached hydrogens (tertiary/aromatic N) is 4. The minimum atomic E-state index is -1.16. The Kier molecular flexibility index (Phi) is 4.30. The van der Waals surface area contributed by atoms with Crippen LogP contribution in [0.2, 0.25) is 0 Å². The number of aromatic nitrogens is 4. The average molecular weight is 303 g/mol. The molecule has 21 heavy (non-hydrogen) atoms. The van der Waals surface area contributed by atoms with Crippen LogP contribution in [0.4, 0.5) is 0 Å². The molecule has 106 valence electrons. The van der Waals surface area contributed by atoms with Gasteiger partial charge in [-0.25, -0.2) is 4.79 Å². The summed E-state index contributed by atoms with van der Waals surface area (Å²) in [5, 5.41) is 17.1. The Morgan fingerprint density at radius 1 is 1.00 bits per heavy atom. The van der Waals surface area contributed by atoms with E-state index in [0.717, 1.165) is 11.4 Å². The van der Waals surface area contributed by atoms with Crippen molar-refractivity contribution in [2.45, 2.75) is 0 Å². The van der Waals surface area contributed by atoms with Crippen molar-refractivity contribution in [3.05, 3.63) is 66.5 Å². The molecule has 0 aliphatic heterocycles. The number of benzene rings is 2. The van der Waals surface area contributed by atoms with Gasteiger partial charge in [-0.15, -0.1) is 0 Å². The normalized spacial score (nSPS) is 9.90. The molecule has 0 aliphatic rings. The van der Waals surface area contributed by atoms with Crippen LogP contribution in [0.15, 0.2) is 60.7 Å². The zero-order chi connectivity index (χ0) is 13.9. The minimum Gasteiger partial charge on any atom is -1.00 e. The van der Waals surface area contributed by atoms with Crippen LogP contribution in [0.25, 0.3) is 11.4 Å². The summed E-state index contributed by atoms with van der Waals surface area (Å²) in [4.78, 5) is 14.0. The molecule has 7 heteroatoms. The monoisotopic (exact) mass is 302 g/mol. The van der Waals surface area contributed by atoms with Gasteiger partial charge in [0.1, 0.15) is 5.69 Å². The summed E-state index contributed by atoms with van der Waals surface area (Å²) >= 11 is 0. The number of carboxylic acid groups (broad SMARTS) is 1. The fraction of sp³-hybridized carbons (Fsp3) is 0. The van der Waals surface area contributed by atoms with Gasteiger partial charge in [0.15, 0.2) is 5.69 Å². The summed E-state index contributed by atoms with van der Waals surface area (Å²) in [5.74, 6) is -1.41. The Morgan fingerprint density at radius 2 is 1.57 bits per heavy atom. The maximum atomic E-state index is 11.1. The summed E-state index contributed by atoms with van der Waals surface area (Å²) in [6, 6.07) is 18.5.